The number of carbonyl (C=O) groups excluding carboxylic acids is 2. The lowest BCUT2D eigenvalue weighted by Crippen LogP contribution is -2.43. The number of piperidine rings is 1. The summed E-state index contributed by atoms with van der Waals surface area (Å²) < 4.78 is 26.2. The lowest BCUT2D eigenvalue weighted by Gasteiger charge is -2.30. The number of nitrogens with zero attached hydrogens (tertiary/aromatic N) is 1. The molecule has 1 aliphatic rings. The maximum absolute atomic E-state index is 13.5. The average Bonchev–Trinajstić information content (AvgIpc) is 2.36. The summed E-state index contributed by atoms with van der Waals surface area (Å²) in [5, 5.41) is 0. The second-order valence-corrected chi connectivity index (χ2v) is 4.87. The van der Waals surface area contributed by atoms with E-state index in [1.54, 1.807) is 11.8 Å². The molecule has 1 aromatic carbocycles. The van der Waals surface area contributed by atoms with Gasteiger partial charge in [0.2, 0.25) is 5.91 Å². The topological polar surface area (TPSA) is 37.4 Å². The Balaban J connectivity index is 2.03. The third-order valence-corrected chi connectivity index (χ3v) is 3.38. The molecule has 0 radical (unpaired) electrons. The second-order valence-electron chi connectivity index (χ2n) is 4.87. The first-order valence-corrected chi connectivity index (χ1v) is 6.22. The predicted molar refractivity (Wildman–Crippen MR) is 65.4 cm³/mol. The number of halogens is 2. The van der Waals surface area contributed by atoms with E-state index in [2.05, 4.69) is 0 Å². The lowest BCUT2D eigenvalue weighted by atomic mass is 9.98. The molecule has 102 valence electrons. The SMILES string of the molecule is CC1CN(C(=O)Cc2ccc(F)cc2F)CCC1=O. The Labute approximate surface area is 110 Å². The molecule has 0 saturated carbocycles. The van der Waals surface area contributed by atoms with E-state index < -0.39 is 11.6 Å². The standard InChI is InChI=1S/C14H15F2NO2/c1-9-8-17(5-4-13(9)18)14(19)6-10-2-3-11(15)7-12(10)16/h2-3,7,9H,4-6,8H2,1H3. The molecule has 2 rings (SSSR count). The molecule has 0 spiro atoms. The number of carbonyl (C=O) groups is 2. The van der Waals surface area contributed by atoms with Crippen molar-refractivity contribution in [2.45, 2.75) is 19.8 Å². The van der Waals surface area contributed by atoms with Gasteiger partial charge in [-0.1, -0.05) is 13.0 Å². The third kappa shape index (κ3) is 3.16. The molecule has 1 unspecified atom stereocenters. The molecular formula is C14H15F2NO2. The van der Waals surface area contributed by atoms with E-state index in [1.807, 2.05) is 0 Å². The molecule has 0 aliphatic carbocycles. The zero-order valence-electron chi connectivity index (χ0n) is 10.7. The summed E-state index contributed by atoms with van der Waals surface area (Å²) >= 11 is 0. The van der Waals surface area contributed by atoms with Gasteiger partial charge in [0.05, 0.1) is 6.42 Å². The Morgan fingerprint density at radius 1 is 1.42 bits per heavy atom. The first kappa shape index (κ1) is 13.6. The van der Waals surface area contributed by atoms with Crippen LogP contribution in [0.1, 0.15) is 18.9 Å². The number of hydrogen-bond acceptors (Lipinski definition) is 2. The van der Waals surface area contributed by atoms with E-state index in [0.717, 1.165) is 12.1 Å². The highest BCUT2D eigenvalue weighted by atomic mass is 19.1. The number of benzene rings is 1. The number of ketones is 1. The quantitative estimate of drug-likeness (QED) is 0.821. The molecule has 1 heterocycles. The van der Waals surface area contributed by atoms with Crippen molar-refractivity contribution in [2.75, 3.05) is 13.1 Å². The normalized spacial score (nSPS) is 19.6. The summed E-state index contributed by atoms with van der Waals surface area (Å²) in [5.74, 6) is -1.63. The van der Waals surface area contributed by atoms with E-state index in [1.165, 1.54) is 6.07 Å². The van der Waals surface area contributed by atoms with Crippen molar-refractivity contribution >= 4 is 11.7 Å². The van der Waals surface area contributed by atoms with Gasteiger partial charge in [-0.15, -0.1) is 0 Å². The van der Waals surface area contributed by atoms with Crippen molar-refractivity contribution in [3.63, 3.8) is 0 Å². The largest absolute Gasteiger partial charge is 0.341 e. The molecule has 1 aliphatic heterocycles. The predicted octanol–water partition coefficient (Wildman–Crippen LogP) is 1.94. The molecular weight excluding hydrogens is 252 g/mol. The summed E-state index contributed by atoms with van der Waals surface area (Å²) in [5.41, 5.74) is 0.177. The minimum atomic E-state index is -0.713. The van der Waals surface area contributed by atoms with Gasteiger partial charge in [-0.05, 0) is 11.6 Å². The third-order valence-electron chi connectivity index (χ3n) is 3.38. The zero-order chi connectivity index (χ0) is 14.0. The van der Waals surface area contributed by atoms with Gasteiger partial charge >= 0.3 is 0 Å². The average molecular weight is 267 g/mol. The van der Waals surface area contributed by atoms with Gasteiger partial charge in [0, 0.05) is 31.5 Å². The first-order chi connectivity index (χ1) is 8.97. The Hall–Kier alpha value is -1.78. The summed E-state index contributed by atoms with van der Waals surface area (Å²) in [4.78, 5) is 24.9. The van der Waals surface area contributed by atoms with Gasteiger partial charge in [-0.2, -0.15) is 0 Å². The highest BCUT2D eigenvalue weighted by Gasteiger charge is 2.26. The van der Waals surface area contributed by atoms with Crippen molar-refractivity contribution in [1.29, 1.82) is 0 Å². The Morgan fingerprint density at radius 3 is 2.79 bits per heavy atom. The van der Waals surface area contributed by atoms with Crippen LogP contribution in [0.4, 0.5) is 8.78 Å². The number of amides is 1. The van der Waals surface area contributed by atoms with Gasteiger partial charge in [-0.25, -0.2) is 8.78 Å². The molecule has 5 heteroatoms. The van der Waals surface area contributed by atoms with Crippen molar-refractivity contribution < 1.29 is 18.4 Å². The molecule has 1 saturated heterocycles. The van der Waals surface area contributed by atoms with Crippen LogP contribution >= 0.6 is 0 Å². The molecule has 0 aromatic heterocycles. The molecule has 1 atom stereocenters. The van der Waals surface area contributed by atoms with Gasteiger partial charge in [0.25, 0.3) is 0 Å². The molecule has 1 fully saturated rings. The van der Waals surface area contributed by atoms with E-state index >= 15 is 0 Å². The zero-order valence-corrected chi connectivity index (χ0v) is 10.7. The van der Waals surface area contributed by atoms with E-state index in [-0.39, 0.29) is 29.6 Å². The minimum Gasteiger partial charge on any atom is -0.341 e. The molecule has 19 heavy (non-hydrogen) atoms. The first-order valence-electron chi connectivity index (χ1n) is 6.22. The van der Waals surface area contributed by atoms with Gasteiger partial charge in [0.1, 0.15) is 17.4 Å². The van der Waals surface area contributed by atoms with Crippen LogP contribution in [0.2, 0.25) is 0 Å². The summed E-state index contributed by atoms with van der Waals surface area (Å²) in [6.45, 7) is 2.53. The molecule has 0 bridgehead atoms. The van der Waals surface area contributed by atoms with E-state index in [4.69, 9.17) is 0 Å². The Kier molecular flexibility index (Phi) is 3.93. The van der Waals surface area contributed by atoms with Crippen LogP contribution in [-0.4, -0.2) is 29.7 Å². The highest BCUT2D eigenvalue weighted by molar-refractivity contribution is 5.85. The maximum Gasteiger partial charge on any atom is 0.227 e. The van der Waals surface area contributed by atoms with Crippen LogP contribution < -0.4 is 0 Å². The van der Waals surface area contributed by atoms with Crippen LogP contribution in [0, 0.1) is 17.6 Å². The van der Waals surface area contributed by atoms with Crippen LogP contribution in [0.5, 0.6) is 0 Å². The number of Topliss-reactive ketones (excluding diaryl/α,β-unsaturated/α-hetero) is 1. The van der Waals surface area contributed by atoms with Gasteiger partial charge in [-0.3, -0.25) is 9.59 Å². The molecule has 1 amide bonds. The van der Waals surface area contributed by atoms with Gasteiger partial charge < -0.3 is 4.90 Å². The van der Waals surface area contributed by atoms with Crippen molar-refractivity contribution in [3.8, 4) is 0 Å². The number of rotatable bonds is 2. The van der Waals surface area contributed by atoms with E-state index in [9.17, 15) is 18.4 Å². The maximum atomic E-state index is 13.5. The Bertz CT molecular complexity index is 516. The van der Waals surface area contributed by atoms with Crippen molar-refractivity contribution in [3.05, 3.63) is 35.4 Å². The van der Waals surface area contributed by atoms with Crippen molar-refractivity contribution in [1.82, 2.24) is 4.90 Å². The minimum absolute atomic E-state index is 0.104. The van der Waals surface area contributed by atoms with Crippen LogP contribution in [-0.2, 0) is 16.0 Å². The van der Waals surface area contributed by atoms with Crippen LogP contribution in [0.15, 0.2) is 18.2 Å². The fourth-order valence-corrected chi connectivity index (χ4v) is 2.18. The lowest BCUT2D eigenvalue weighted by molar-refractivity contribution is -0.136. The highest BCUT2D eigenvalue weighted by Crippen LogP contribution is 2.16. The number of likely N-dealkylation sites (tertiary alicyclic amines) is 1. The second kappa shape index (κ2) is 5.47. The fourth-order valence-electron chi connectivity index (χ4n) is 2.18. The van der Waals surface area contributed by atoms with E-state index in [0.29, 0.717) is 19.5 Å². The Morgan fingerprint density at radius 2 is 2.16 bits per heavy atom. The molecule has 0 N–H and O–H groups in total. The van der Waals surface area contributed by atoms with Crippen LogP contribution in [0.25, 0.3) is 0 Å². The van der Waals surface area contributed by atoms with Crippen molar-refractivity contribution in [2.24, 2.45) is 5.92 Å². The monoisotopic (exact) mass is 267 g/mol. The summed E-state index contributed by atoms with van der Waals surface area (Å²) in [7, 11) is 0. The molecule has 1 aromatic rings. The number of hydrogen-bond donors (Lipinski definition) is 0. The van der Waals surface area contributed by atoms with Gasteiger partial charge in [0.15, 0.2) is 0 Å². The van der Waals surface area contributed by atoms with Crippen LogP contribution in [0.3, 0.4) is 0 Å². The summed E-state index contributed by atoms with van der Waals surface area (Å²) in [6.07, 6.45) is 0.242. The summed E-state index contributed by atoms with van der Waals surface area (Å²) in [6, 6.07) is 3.18. The fraction of sp³-hybridized carbons (Fsp3) is 0.429. The smallest absolute Gasteiger partial charge is 0.227 e. The molecule has 3 nitrogen and oxygen atoms in total.